The molecular formula is C17H26O4S. The summed E-state index contributed by atoms with van der Waals surface area (Å²) in [6.45, 7) is 2.16. The molecule has 0 bridgehead atoms. The standard InChI is InChI=1S/C17H26O4S/c1-2-3-4-5-6-7-11-14-16(17(18)19)22(20,21)15-12-9-8-10-13-15/h8-10,12-13,16H,2-7,11,14H2,1H3,(H,18,19). The molecule has 0 fully saturated rings. The molecule has 0 aliphatic rings. The Morgan fingerprint density at radius 3 is 2.09 bits per heavy atom. The molecular weight excluding hydrogens is 300 g/mol. The molecule has 1 aromatic carbocycles. The van der Waals surface area contributed by atoms with Crippen LogP contribution in [-0.2, 0) is 14.6 Å². The first-order valence-corrected chi connectivity index (χ1v) is 9.56. The molecule has 0 spiro atoms. The number of carboxylic acid groups (broad SMARTS) is 1. The number of unbranched alkanes of at least 4 members (excludes halogenated alkanes) is 6. The molecule has 4 nitrogen and oxygen atoms in total. The summed E-state index contributed by atoms with van der Waals surface area (Å²) in [5.74, 6) is -1.25. The van der Waals surface area contributed by atoms with E-state index in [0.717, 1.165) is 19.3 Å². The van der Waals surface area contributed by atoms with Crippen LogP contribution in [0.4, 0.5) is 0 Å². The molecule has 0 heterocycles. The molecule has 0 aromatic heterocycles. The Labute approximate surface area is 133 Å². The Hall–Kier alpha value is -1.36. The Morgan fingerprint density at radius 2 is 1.55 bits per heavy atom. The van der Waals surface area contributed by atoms with E-state index in [-0.39, 0.29) is 11.3 Å². The molecule has 22 heavy (non-hydrogen) atoms. The van der Waals surface area contributed by atoms with Crippen molar-refractivity contribution in [2.24, 2.45) is 0 Å². The lowest BCUT2D eigenvalue weighted by Gasteiger charge is -2.13. The first kappa shape index (κ1) is 18.7. The van der Waals surface area contributed by atoms with Crippen LogP contribution in [0.2, 0.25) is 0 Å². The number of aliphatic carboxylic acids is 1. The smallest absolute Gasteiger partial charge is 0.322 e. The predicted octanol–water partition coefficient (Wildman–Crippen LogP) is 4.05. The summed E-state index contributed by atoms with van der Waals surface area (Å²) in [6, 6.07) is 7.84. The Morgan fingerprint density at radius 1 is 1.00 bits per heavy atom. The molecule has 0 aliphatic heterocycles. The van der Waals surface area contributed by atoms with Crippen molar-refractivity contribution in [3.8, 4) is 0 Å². The molecule has 1 aromatic rings. The second kappa shape index (κ2) is 9.62. The zero-order valence-electron chi connectivity index (χ0n) is 13.2. The number of benzene rings is 1. The Kier molecular flexibility index (Phi) is 8.17. The highest BCUT2D eigenvalue weighted by Crippen LogP contribution is 2.21. The van der Waals surface area contributed by atoms with Crippen molar-refractivity contribution >= 4 is 15.8 Å². The lowest BCUT2D eigenvalue weighted by atomic mass is 10.1. The maximum Gasteiger partial charge on any atom is 0.322 e. The van der Waals surface area contributed by atoms with Crippen molar-refractivity contribution < 1.29 is 18.3 Å². The molecule has 0 aliphatic carbocycles. The third-order valence-electron chi connectivity index (χ3n) is 3.79. The van der Waals surface area contributed by atoms with Crippen LogP contribution in [0.3, 0.4) is 0 Å². The van der Waals surface area contributed by atoms with Gasteiger partial charge in [-0.05, 0) is 18.6 Å². The van der Waals surface area contributed by atoms with E-state index in [1.807, 2.05) is 0 Å². The molecule has 5 heteroatoms. The van der Waals surface area contributed by atoms with Crippen LogP contribution in [0.5, 0.6) is 0 Å². The topological polar surface area (TPSA) is 71.4 Å². The van der Waals surface area contributed by atoms with Gasteiger partial charge in [0.15, 0.2) is 15.1 Å². The van der Waals surface area contributed by atoms with Crippen LogP contribution in [-0.4, -0.2) is 24.7 Å². The molecule has 0 saturated carbocycles. The van der Waals surface area contributed by atoms with Gasteiger partial charge in [0, 0.05) is 0 Å². The van der Waals surface area contributed by atoms with Gasteiger partial charge in [0.1, 0.15) is 0 Å². The predicted molar refractivity (Wildman–Crippen MR) is 87.7 cm³/mol. The van der Waals surface area contributed by atoms with Crippen LogP contribution in [0, 0.1) is 0 Å². The minimum atomic E-state index is -3.80. The highest BCUT2D eigenvalue weighted by molar-refractivity contribution is 7.92. The van der Waals surface area contributed by atoms with Gasteiger partial charge in [-0.15, -0.1) is 0 Å². The number of sulfone groups is 1. The largest absolute Gasteiger partial charge is 0.480 e. The Bertz CT molecular complexity index is 537. The highest BCUT2D eigenvalue weighted by Gasteiger charge is 2.33. The average Bonchev–Trinajstić information content (AvgIpc) is 2.50. The quantitative estimate of drug-likeness (QED) is 0.623. The summed E-state index contributed by atoms with van der Waals surface area (Å²) in [5, 5.41) is 7.92. The fraction of sp³-hybridized carbons (Fsp3) is 0.588. The first-order valence-electron chi connectivity index (χ1n) is 8.02. The van der Waals surface area contributed by atoms with Crippen LogP contribution >= 0.6 is 0 Å². The second-order valence-electron chi connectivity index (χ2n) is 5.59. The lowest BCUT2D eigenvalue weighted by molar-refractivity contribution is -0.136. The molecule has 0 amide bonds. The van der Waals surface area contributed by atoms with E-state index in [0.29, 0.717) is 6.42 Å². The minimum Gasteiger partial charge on any atom is -0.480 e. The van der Waals surface area contributed by atoms with Crippen molar-refractivity contribution in [3.63, 3.8) is 0 Å². The van der Waals surface area contributed by atoms with Gasteiger partial charge in [-0.1, -0.05) is 70.1 Å². The zero-order valence-corrected chi connectivity index (χ0v) is 14.0. The molecule has 1 rings (SSSR count). The summed E-state index contributed by atoms with van der Waals surface area (Å²) < 4.78 is 24.8. The number of carbonyl (C=O) groups is 1. The van der Waals surface area contributed by atoms with Gasteiger partial charge in [0.05, 0.1) is 4.90 Å². The normalized spacial score (nSPS) is 13.0. The average molecular weight is 326 g/mol. The molecule has 0 radical (unpaired) electrons. The van der Waals surface area contributed by atoms with Gasteiger partial charge in [-0.2, -0.15) is 0 Å². The van der Waals surface area contributed by atoms with Crippen molar-refractivity contribution in [2.45, 2.75) is 68.4 Å². The van der Waals surface area contributed by atoms with Gasteiger partial charge in [0.2, 0.25) is 0 Å². The molecule has 124 valence electrons. The number of carboxylic acids is 1. The Balaban J connectivity index is 2.54. The first-order chi connectivity index (χ1) is 10.5. The number of hydrogen-bond acceptors (Lipinski definition) is 3. The van der Waals surface area contributed by atoms with Crippen LogP contribution in [0.1, 0.15) is 58.3 Å². The van der Waals surface area contributed by atoms with Gasteiger partial charge in [0.25, 0.3) is 0 Å². The van der Waals surface area contributed by atoms with E-state index in [4.69, 9.17) is 0 Å². The summed E-state index contributed by atoms with van der Waals surface area (Å²) >= 11 is 0. The van der Waals surface area contributed by atoms with Crippen molar-refractivity contribution in [1.29, 1.82) is 0 Å². The fourth-order valence-electron chi connectivity index (χ4n) is 2.47. The van der Waals surface area contributed by atoms with E-state index < -0.39 is 21.1 Å². The van der Waals surface area contributed by atoms with Crippen molar-refractivity contribution in [2.75, 3.05) is 0 Å². The molecule has 0 saturated heterocycles. The summed E-state index contributed by atoms with van der Waals surface area (Å²) in [4.78, 5) is 11.4. The number of hydrogen-bond donors (Lipinski definition) is 1. The summed E-state index contributed by atoms with van der Waals surface area (Å²) in [7, 11) is -3.80. The van der Waals surface area contributed by atoms with Gasteiger partial charge < -0.3 is 5.11 Å². The van der Waals surface area contributed by atoms with Crippen molar-refractivity contribution in [3.05, 3.63) is 30.3 Å². The SMILES string of the molecule is CCCCCCCCCC(C(=O)O)S(=O)(=O)c1ccccc1. The van der Waals surface area contributed by atoms with Gasteiger partial charge in [-0.25, -0.2) is 8.42 Å². The van der Waals surface area contributed by atoms with Crippen LogP contribution in [0.25, 0.3) is 0 Å². The monoisotopic (exact) mass is 326 g/mol. The van der Waals surface area contributed by atoms with E-state index in [9.17, 15) is 18.3 Å². The van der Waals surface area contributed by atoms with Gasteiger partial charge >= 0.3 is 5.97 Å². The summed E-state index contributed by atoms with van der Waals surface area (Å²) in [6.07, 6.45) is 7.49. The third kappa shape index (κ3) is 5.79. The fourth-order valence-corrected chi connectivity index (χ4v) is 4.08. The van der Waals surface area contributed by atoms with Crippen LogP contribution in [0.15, 0.2) is 35.2 Å². The van der Waals surface area contributed by atoms with E-state index in [2.05, 4.69) is 6.92 Å². The minimum absolute atomic E-state index is 0.0883. The second-order valence-corrected chi connectivity index (χ2v) is 7.73. The highest BCUT2D eigenvalue weighted by atomic mass is 32.2. The molecule has 1 N–H and O–H groups in total. The maximum atomic E-state index is 12.4. The number of rotatable bonds is 11. The van der Waals surface area contributed by atoms with E-state index in [1.54, 1.807) is 18.2 Å². The van der Waals surface area contributed by atoms with Crippen molar-refractivity contribution in [1.82, 2.24) is 0 Å². The van der Waals surface area contributed by atoms with Crippen LogP contribution < -0.4 is 0 Å². The molecule has 1 unspecified atom stereocenters. The van der Waals surface area contributed by atoms with Gasteiger partial charge in [-0.3, -0.25) is 4.79 Å². The summed E-state index contributed by atoms with van der Waals surface area (Å²) in [5.41, 5.74) is 0. The zero-order chi connectivity index (χ0) is 16.4. The molecule has 1 atom stereocenters. The lowest BCUT2D eigenvalue weighted by Crippen LogP contribution is -2.30. The van der Waals surface area contributed by atoms with E-state index >= 15 is 0 Å². The van der Waals surface area contributed by atoms with E-state index in [1.165, 1.54) is 31.4 Å². The third-order valence-corrected chi connectivity index (χ3v) is 5.91. The maximum absolute atomic E-state index is 12.4.